The molecule has 0 aromatic carbocycles. The van der Waals surface area contributed by atoms with E-state index in [4.69, 9.17) is 0 Å². The standard InChI is InChI=1S/C12H19N5/c1-13-10(11-8-16(2)9-15-11)4-5-12-14-6-7-17(12)3/h6-10,13H,4-5H2,1-3H3. The maximum absolute atomic E-state index is 4.38. The summed E-state index contributed by atoms with van der Waals surface area (Å²) >= 11 is 0. The molecule has 1 atom stereocenters. The van der Waals surface area contributed by atoms with Gasteiger partial charge in [0.05, 0.1) is 18.1 Å². The van der Waals surface area contributed by atoms with E-state index in [-0.39, 0.29) is 6.04 Å². The van der Waals surface area contributed by atoms with E-state index in [9.17, 15) is 0 Å². The highest BCUT2D eigenvalue weighted by Crippen LogP contribution is 2.16. The number of aromatic nitrogens is 4. The van der Waals surface area contributed by atoms with Crippen LogP contribution in [0.5, 0.6) is 0 Å². The summed E-state index contributed by atoms with van der Waals surface area (Å²) in [5.74, 6) is 1.11. The Morgan fingerprint density at radius 3 is 2.71 bits per heavy atom. The Bertz CT molecular complexity index is 471. The highest BCUT2D eigenvalue weighted by Gasteiger charge is 2.12. The van der Waals surface area contributed by atoms with Gasteiger partial charge in [-0.05, 0) is 13.5 Å². The molecule has 17 heavy (non-hydrogen) atoms. The van der Waals surface area contributed by atoms with E-state index in [1.54, 1.807) is 0 Å². The van der Waals surface area contributed by atoms with E-state index < -0.39 is 0 Å². The van der Waals surface area contributed by atoms with Crippen molar-refractivity contribution in [3.63, 3.8) is 0 Å². The second-order valence-electron chi connectivity index (χ2n) is 4.30. The molecule has 1 unspecified atom stereocenters. The molecule has 0 fully saturated rings. The minimum absolute atomic E-state index is 0.285. The van der Waals surface area contributed by atoms with Gasteiger partial charge in [0, 0.05) is 39.1 Å². The van der Waals surface area contributed by atoms with E-state index in [1.807, 2.05) is 44.4 Å². The van der Waals surface area contributed by atoms with Gasteiger partial charge >= 0.3 is 0 Å². The summed E-state index contributed by atoms with van der Waals surface area (Å²) in [4.78, 5) is 8.71. The van der Waals surface area contributed by atoms with E-state index in [0.29, 0.717) is 0 Å². The summed E-state index contributed by atoms with van der Waals surface area (Å²) in [6.07, 6.45) is 9.65. The molecule has 0 saturated heterocycles. The molecule has 92 valence electrons. The van der Waals surface area contributed by atoms with E-state index >= 15 is 0 Å². The Hall–Kier alpha value is -1.62. The molecule has 0 aliphatic carbocycles. The molecule has 0 aliphatic heterocycles. The molecular weight excluding hydrogens is 214 g/mol. The Labute approximate surface area is 102 Å². The van der Waals surface area contributed by atoms with Gasteiger partial charge in [-0.25, -0.2) is 9.97 Å². The van der Waals surface area contributed by atoms with Crippen molar-refractivity contribution in [1.82, 2.24) is 24.4 Å². The van der Waals surface area contributed by atoms with Gasteiger partial charge in [-0.3, -0.25) is 0 Å². The third-order valence-corrected chi connectivity index (χ3v) is 3.01. The van der Waals surface area contributed by atoms with Crippen LogP contribution in [0.4, 0.5) is 0 Å². The van der Waals surface area contributed by atoms with E-state index in [1.165, 1.54) is 0 Å². The SMILES string of the molecule is CNC(CCc1nccn1C)c1cn(C)cn1. The summed E-state index contributed by atoms with van der Waals surface area (Å²) in [6, 6.07) is 0.285. The Balaban J connectivity index is 1.99. The van der Waals surface area contributed by atoms with Crippen LogP contribution in [0.2, 0.25) is 0 Å². The van der Waals surface area contributed by atoms with Crippen molar-refractivity contribution in [3.8, 4) is 0 Å². The molecule has 0 saturated carbocycles. The van der Waals surface area contributed by atoms with E-state index in [2.05, 4.69) is 26.0 Å². The number of rotatable bonds is 5. The van der Waals surface area contributed by atoms with Crippen LogP contribution in [-0.4, -0.2) is 26.1 Å². The first kappa shape index (κ1) is 11.9. The van der Waals surface area contributed by atoms with Gasteiger partial charge in [0.25, 0.3) is 0 Å². The Morgan fingerprint density at radius 1 is 1.35 bits per heavy atom. The van der Waals surface area contributed by atoms with Gasteiger partial charge < -0.3 is 14.5 Å². The highest BCUT2D eigenvalue weighted by atomic mass is 15.0. The second kappa shape index (κ2) is 5.14. The quantitative estimate of drug-likeness (QED) is 0.839. The van der Waals surface area contributed by atoms with Crippen molar-refractivity contribution in [3.05, 3.63) is 36.4 Å². The van der Waals surface area contributed by atoms with Crippen LogP contribution in [0.25, 0.3) is 0 Å². The van der Waals surface area contributed by atoms with Crippen molar-refractivity contribution >= 4 is 0 Å². The van der Waals surface area contributed by atoms with Crippen LogP contribution in [0.3, 0.4) is 0 Å². The maximum atomic E-state index is 4.38. The van der Waals surface area contributed by atoms with Crippen LogP contribution in [0.1, 0.15) is 24.0 Å². The van der Waals surface area contributed by atoms with Gasteiger partial charge in [0.1, 0.15) is 5.82 Å². The average Bonchev–Trinajstić information content (AvgIpc) is 2.90. The predicted octanol–water partition coefficient (Wildman–Crippen LogP) is 1.05. The molecule has 2 aromatic rings. The molecule has 0 aliphatic rings. The minimum atomic E-state index is 0.285. The zero-order valence-corrected chi connectivity index (χ0v) is 10.6. The van der Waals surface area contributed by atoms with Gasteiger partial charge in [-0.1, -0.05) is 0 Å². The summed E-state index contributed by atoms with van der Waals surface area (Å²) in [7, 11) is 5.98. The summed E-state index contributed by atoms with van der Waals surface area (Å²) in [6.45, 7) is 0. The zero-order valence-electron chi connectivity index (χ0n) is 10.6. The molecule has 5 heteroatoms. The molecular formula is C12H19N5. The molecule has 0 amide bonds. The fourth-order valence-electron chi connectivity index (χ4n) is 1.96. The minimum Gasteiger partial charge on any atom is -0.340 e. The van der Waals surface area contributed by atoms with Crippen molar-refractivity contribution in [2.45, 2.75) is 18.9 Å². The predicted molar refractivity (Wildman–Crippen MR) is 66.5 cm³/mol. The molecule has 2 rings (SSSR count). The molecule has 0 spiro atoms. The summed E-state index contributed by atoms with van der Waals surface area (Å²) in [5, 5.41) is 3.30. The number of nitrogens with one attached hydrogen (secondary N) is 1. The first-order chi connectivity index (χ1) is 8.20. The third-order valence-electron chi connectivity index (χ3n) is 3.01. The smallest absolute Gasteiger partial charge is 0.108 e. The first-order valence-electron chi connectivity index (χ1n) is 5.82. The summed E-state index contributed by atoms with van der Waals surface area (Å²) in [5.41, 5.74) is 1.09. The largest absolute Gasteiger partial charge is 0.340 e. The van der Waals surface area contributed by atoms with Crippen LogP contribution in [0, 0.1) is 0 Å². The summed E-state index contributed by atoms with van der Waals surface area (Å²) < 4.78 is 4.03. The molecule has 5 nitrogen and oxygen atoms in total. The lowest BCUT2D eigenvalue weighted by atomic mass is 10.1. The number of hydrogen-bond acceptors (Lipinski definition) is 3. The van der Waals surface area contributed by atoms with Crippen molar-refractivity contribution in [1.29, 1.82) is 0 Å². The third kappa shape index (κ3) is 2.74. The van der Waals surface area contributed by atoms with Gasteiger partial charge in [-0.2, -0.15) is 0 Å². The van der Waals surface area contributed by atoms with Crippen LogP contribution in [-0.2, 0) is 20.5 Å². The fraction of sp³-hybridized carbons (Fsp3) is 0.500. The zero-order chi connectivity index (χ0) is 12.3. The lowest BCUT2D eigenvalue weighted by molar-refractivity contribution is 0.525. The molecule has 0 radical (unpaired) electrons. The first-order valence-corrected chi connectivity index (χ1v) is 5.82. The monoisotopic (exact) mass is 233 g/mol. The Morgan fingerprint density at radius 2 is 2.18 bits per heavy atom. The topological polar surface area (TPSA) is 47.7 Å². The highest BCUT2D eigenvalue weighted by molar-refractivity contribution is 5.04. The number of imidazole rings is 2. The van der Waals surface area contributed by atoms with E-state index in [0.717, 1.165) is 24.4 Å². The van der Waals surface area contributed by atoms with Crippen LogP contribution in [0.15, 0.2) is 24.9 Å². The average molecular weight is 233 g/mol. The van der Waals surface area contributed by atoms with Crippen molar-refractivity contribution < 1.29 is 0 Å². The number of nitrogens with zero attached hydrogens (tertiary/aromatic N) is 4. The Kier molecular flexibility index (Phi) is 3.58. The number of aryl methyl sites for hydroxylation is 3. The normalized spacial score (nSPS) is 12.9. The maximum Gasteiger partial charge on any atom is 0.108 e. The van der Waals surface area contributed by atoms with Gasteiger partial charge in [0.15, 0.2) is 0 Å². The molecule has 2 aromatic heterocycles. The van der Waals surface area contributed by atoms with Gasteiger partial charge in [0.2, 0.25) is 0 Å². The molecule has 1 N–H and O–H groups in total. The number of hydrogen-bond donors (Lipinski definition) is 1. The lowest BCUT2D eigenvalue weighted by Gasteiger charge is -2.13. The van der Waals surface area contributed by atoms with Gasteiger partial charge in [-0.15, -0.1) is 0 Å². The lowest BCUT2D eigenvalue weighted by Crippen LogP contribution is -2.18. The van der Waals surface area contributed by atoms with Crippen molar-refractivity contribution in [2.75, 3.05) is 7.05 Å². The molecule has 2 heterocycles. The van der Waals surface area contributed by atoms with Crippen LogP contribution < -0.4 is 5.32 Å². The van der Waals surface area contributed by atoms with Crippen LogP contribution >= 0.6 is 0 Å². The second-order valence-corrected chi connectivity index (χ2v) is 4.30. The van der Waals surface area contributed by atoms with Crippen molar-refractivity contribution in [2.24, 2.45) is 14.1 Å². The fourth-order valence-corrected chi connectivity index (χ4v) is 1.96. The molecule has 0 bridgehead atoms.